The molecule has 0 spiro atoms. The second kappa shape index (κ2) is 10.1. The molecule has 24 heavy (non-hydrogen) atoms. The van der Waals surface area contributed by atoms with Gasteiger partial charge in [-0.25, -0.2) is 0 Å². The fourth-order valence-corrected chi connectivity index (χ4v) is 2.92. The lowest BCUT2D eigenvalue weighted by Crippen LogP contribution is -2.42. The van der Waals surface area contributed by atoms with Crippen molar-refractivity contribution in [3.8, 4) is 0 Å². The summed E-state index contributed by atoms with van der Waals surface area (Å²) >= 11 is 0. The maximum Gasteiger partial charge on any atom is 0.192 e. The smallest absolute Gasteiger partial charge is 0.192 e. The minimum Gasteiger partial charge on any atom is -0.414 e. The summed E-state index contributed by atoms with van der Waals surface area (Å²) in [7, 11) is -1.77. The van der Waals surface area contributed by atoms with E-state index in [2.05, 4.69) is 52.1 Å². The Hall–Kier alpha value is -0.943. The third-order valence-electron chi connectivity index (χ3n) is 4.56. The molecule has 0 fully saturated rings. The van der Waals surface area contributed by atoms with Crippen molar-refractivity contribution in [3.05, 3.63) is 48.0 Å². The molecule has 3 nitrogen and oxygen atoms in total. The van der Waals surface area contributed by atoms with E-state index in [4.69, 9.17) is 9.16 Å². The van der Waals surface area contributed by atoms with Gasteiger partial charge in [-0.3, -0.25) is 0 Å². The second-order valence-electron chi connectivity index (χ2n) is 7.76. The summed E-state index contributed by atoms with van der Waals surface area (Å²) in [6, 6.07) is 10.2. The molecule has 1 atom stereocenters. The van der Waals surface area contributed by atoms with E-state index in [1.165, 1.54) is 5.56 Å². The summed E-state index contributed by atoms with van der Waals surface area (Å²) in [5.41, 5.74) is 1.19. The first-order chi connectivity index (χ1) is 11.2. The van der Waals surface area contributed by atoms with Crippen molar-refractivity contribution in [1.82, 2.24) is 0 Å². The lowest BCUT2D eigenvalue weighted by atomic mass is 10.2. The molecule has 1 unspecified atom stereocenters. The third kappa shape index (κ3) is 8.24. The maximum absolute atomic E-state index is 10.0. The molecule has 0 aliphatic heterocycles. The molecule has 0 saturated carbocycles. The van der Waals surface area contributed by atoms with Gasteiger partial charge in [0.15, 0.2) is 8.32 Å². The number of aliphatic hydroxyl groups excluding tert-OH is 1. The molecule has 0 amide bonds. The first-order valence-electron chi connectivity index (χ1n) is 8.81. The zero-order chi connectivity index (χ0) is 18.1. The number of rotatable bonds is 10. The summed E-state index contributed by atoms with van der Waals surface area (Å²) in [5.74, 6) is 0. The van der Waals surface area contributed by atoms with Gasteiger partial charge < -0.3 is 14.3 Å². The largest absolute Gasteiger partial charge is 0.414 e. The monoisotopic (exact) mass is 350 g/mol. The van der Waals surface area contributed by atoms with Crippen LogP contribution in [0.1, 0.15) is 39.2 Å². The number of ether oxygens (including phenoxy) is 1. The van der Waals surface area contributed by atoms with Crippen molar-refractivity contribution >= 4 is 8.32 Å². The Morgan fingerprint density at radius 1 is 1.12 bits per heavy atom. The number of aliphatic hydroxyl groups is 1. The van der Waals surface area contributed by atoms with Gasteiger partial charge in [0.1, 0.15) is 0 Å². The van der Waals surface area contributed by atoms with Gasteiger partial charge in [0, 0.05) is 0 Å². The van der Waals surface area contributed by atoms with Crippen LogP contribution in [0.25, 0.3) is 0 Å². The van der Waals surface area contributed by atoms with Crippen molar-refractivity contribution in [1.29, 1.82) is 0 Å². The van der Waals surface area contributed by atoms with Crippen molar-refractivity contribution in [2.75, 3.05) is 13.2 Å². The average molecular weight is 351 g/mol. The van der Waals surface area contributed by atoms with Crippen LogP contribution in [0.15, 0.2) is 42.5 Å². The van der Waals surface area contributed by atoms with Crippen LogP contribution in [-0.4, -0.2) is 32.7 Å². The van der Waals surface area contributed by atoms with Crippen LogP contribution in [0.2, 0.25) is 18.1 Å². The molecule has 0 aliphatic carbocycles. The first-order valence-corrected chi connectivity index (χ1v) is 11.7. The van der Waals surface area contributed by atoms with E-state index in [0.29, 0.717) is 26.2 Å². The highest BCUT2D eigenvalue weighted by Crippen LogP contribution is 2.36. The lowest BCUT2D eigenvalue weighted by molar-refractivity contribution is 0.102. The van der Waals surface area contributed by atoms with Crippen LogP contribution in [0.4, 0.5) is 0 Å². The van der Waals surface area contributed by atoms with E-state index in [-0.39, 0.29) is 5.04 Å². The minimum absolute atomic E-state index is 0.179. The van der Waals surface area contributed by atoms with Crippen molar-refractivity contribution < 1.29 is 14.3 Å². The quantitative estimate of drug-likeness (QED) is 0.370. The summed E-state index contributed by atoms with van der Waals surface area (Å²) < 4.78 is 11.7. The molecule has 1 N–H and O–H groups in total. The Morgan fingerprint density at radius 3 is 2.42 bits per heavy atom. The molecule has 0 radical (unpaired) electrons. The van der Waals surface area contributed by atoms with Crippen molar-refractivity contribution in [2.45, 2.75) is 64.5 Å². The predicted molar refractivity (Wildman–Crippen MR) is 104 cm³/mol. The summed E-state index contributed by atoms with van der Waals surface area (Å²) in [4.78, 5) is 0. The average Bonchev–Trinajstić information content (AvgIpc) is 2.52. The van der Waals surface area contributed by atoms with Gasteiger partial charge in [0.25, 0.3) is 0 Å². The Balaban J connectivity index is 2.11. The van der Waals surface area contributed by atoms with Gasteiger partial charge >= 0.3 is 0 Å². The van der Waals surface area contributed by atoms with E-state index in [0.717, 1.165) is 6.42 Å². The van der Waals surface area contributed by atoms with Gasteiger partial charge in [-0.15, -0.1) is 0 Å². The van der Waals surface area contributed by atoms with Crippen LogP contribution in [0, 0.1) is 0 Å². The standard InChI is InChI=1S/C20H34O3Si/c1-20(2,3)24(4,5)23-17-19(21)14-10-7-11-15-22-16-18-12-8-6-9-13-18/h6-10,12-13,19,21H,11,14-17H2,1-5H3/b10-7-. The summed E-state index contributed by atoms with van der Waals surface area (Å²) in [5, 5.41) is 10.2. The molecule has 4 heteroatoms. The summed E-state index contributed by atoms with van der Waals surface area (Å²) in [6.45, 7) is 12.8. The Labute approximate surface area is 148 Å². The molecular weight excluding hydrogens is 316 g/mol. The maximum atomic E-state index is 10.0. The highest BCUT2D eigenvalue weighted by molar-refractivity contribution is 6.74. The van der Waals surface area contributed by atoms with Gasteiger partial charge in [0.2, 0.25) is 0 Å². The number of hydrogen-bond donors (Lipinski definition) is 1. The Kier molecular flexibility index (Phi) is 8.91. The molecule has 0 bridgehead atoms. The number of hydrogen-bond acceptors (Lipinski definition) is 3. The highest BCUT2D eigenvalue weighted by Gasteiger charge is 2.37. The molecule has 1 rings (SSSR count). The summed E-state index contributed by atoms with van der Waals surface area (Å²) in [6.07, 6.45) is 5.16. The normalized spacial score (nSPS) is 14.2. The Bertz CT molecular complexity index is 477. The zero-order valence-electron chi connectivity index (χ0n) is 15.9. The lowest BCUT2D eigenvalue weighted by Gasteiger charge is -2.36. The predicted octanol–water partition coefficient (Wildman–Crippen LogP) is 4.92. The van der Waals surface area contributed by atoms with E-state index in [1.807, 2.05) is 24.3 Å². The fourth-order valence-electron chi connectivity index (χ4n) is 1.88. The van der Waals surface area contributed by atoms with Crippen LogP contribution >= 0.6 is 0 Å². The van der Waals surface area contributed by atoms with Crippen molar-refractivity contribution in [3.63, 3.8) is 0 Å². The van der Waals surface area contributed by atoms with Crippen molar-refractivity contribution in [2.24, 2.45) is 0 Å². The minimum atomic E-state index is -1.77. The van der Waals surface area contributed by atoms with Crippen LogP contribution in [-0.2, 0) is 15.8 Å². The molecule has 0 heterocycles. The molecule has 1 aromatic carbocycles. The molecule has 136 valence electrons. The highest BCUT2D eigenvalue weighted by atomic mass is 28.4. The molecule has 0 aromatic heterocycles. The van der Waals surface area contributed by atoms with E-state index >= 15 is 0 Å². The SMILES string of the molecule is CC(C)(C)[Si](C)(C)OCC(O)C/C=C\CCOCc1ccccc1. The number of benzene rings is 1. The molecule has 0 aliphatic rings. The van der Waals surface area contributed by atoms with E-state index < -0.39 is 14.4 Å². The zero-order valence-corrected chi connectivity index (χ0v) is 16.9. The van der Waals surface area contributed by atoms with Gasteiger partial charge in [-0.05, 0) is 36.5 Å². The molecule has 0 saturated heterocycles. The van der Waals surface area contributed by atoms with E-state index in [9.17, 15) is 5.11 Å². The van der Waals surface area contributed by atoms with Crippen LogP contribution in [0.3, 0.4) is 0 Å². The van der Waals surface area contributed by atoms with Gasteiger partial charge in [-0.2, -0.15) is 0 Å². The van der Waals surface area contributed by atoms with Gasteiger partial charge in [0.05, 0.1) is 25.9 Å². The third-order valence-corrected chi connectivity index (χ3v) is 9.06. The second-order valence-corrected chi connectivity index (χ2v) is 12.6. The Morgan fingerprint density at radius 2 is 1.79 bits per heavy atom. The van der Waals surface area contributed by atoms with E-state index in [1.54, 1.807) is 0 Å². The first kappa shape index (κ1) is 21.1. The topological polar surface area (TPSA) is 38.7 Å². The van der Waals surface area contributed by atoms with Gasteiger partial charge in [-0.1, -0.05) is 63.3 Å². The van der Waals surface area contributed by atoms with Crippen LogP contribution < -0.4 is 0 Å². The molecule has 1 aromatic rings. The molecular formula is C20H34O3Si. The van der Waals surface area contributed by atoms with Crippen LogP contribution in [0.5, 0.6) is 0 Å². The fraction of sp³-hybridized carbons (Fsp3) is 0.600.